The van der Waals surface area contributed by atoms with Gasteiger partial charge >= 0.3 is 0 Å². The second kappa shape index (κ2) is 6.43. The number of nitrogens with one attached hydrogen (secondary N) is 1. The molecule has 0 fully saturated rings. The first-order valence-corrected chi connectivity index (χ1v) is 8.21. The van der Waals surface area contributed by atoms with Gasteiger partial charge in [-0.25, -0.2) is 12.8 Å². The minimum absolute atomic E-state index is 0.00529. The summed E-state index contributed by atoms with van der Waals surface area (Å²) in [6.07, 6.45) is 0. The maximum Gasteiger partial charge on any atom is 0.167 e. The molecule has 20 heavy (non-hydrogen) atoms. The largest absolute Gasteiger partial charge is 0.491 e. The van der Waals surface area contributed by atoms with Crippen molar-refractivity contribution in [2.75, 3.05) is 24.2 Å². The standard InChI is InChI=1S/C14H22FNO3S/c1-5-19-13-7-6-11(10-12(13)15)16-8-9-20(17,18)14(2,3)4/h6-7,10,16H,5,8-9H2,1-4H3. The minimum atomic E-state index is -3.18. The summed E-state index contributed by atoms with van der Waals surface area (Å²) in [5, 5.41) is 2.91. The summed E-state index contributed by atoms with van der Waals surface area (Å²) in [6.45, 7) is 7.42. The number of ether oxygens (including phenoxy) is 1. The van der Waals surface area contributed by atoms with E-state index in [0.29, 0.717) is 12.3 Å². The van der Waals surface area contributed by atoms with Gasteiger partial charge in [0.25, 0.3) is 0 Å². The van der Waals surface area contributed by atoms with Gasteiger partial charge in [-0.05, 0) is 39.8 Å². The molecule has 1 N–H and O–H groups in total. The predicted octanol–water partition coefficient (Wildman–Crippen LogP) is 2.85. The summed E-state index contributed by atoms with van der Waals surface area (Å²) < 4.78 is 41.8. The van der Waals surface area contributed by atoms with Crippen LogP contribution in [0.2, 0.25) is 0 Å². The Balaban J connectivity index is 2.62. The van der Waals surface area contributed by atoms with Crippen molar-refractivity contribution < 1.29 is 17.5 Å². The summed E-state index contributed by atoms with van der Waals surface area (Å²) in [5.74, 6) is -0.262. The van der Waals surface area contributed by atoms with E-state index in [1.807, 2.05) is 0 Å². The number of hydrogen-bond acceptors (Lipinski definition) is 4. The molecule has 0 amide bonds. The van der Waals surface area contributed by atoms with Crippen molar-refractivity contribution in [3.05, 3.63) is 24.0 Å². The number of hydrogen-bond donors (Lipinski definition) is 1. The minimum Gasteiger partial charge on any atom is -0.491 e. The molecule has 0 aliphatic rings. The Bertz CT molecular complexity index is 550. The zero-order valence-electron chi connectivity index (χ0n) is 12.4. The zero-order valence-corrected chi connectivity index (χ0v) is 13.2. The molecular formula is C14H22FNO3S. The van der Waals surface area contributed by atoms with Crippen molar-refractivity contribution in [2.24, 2.45) is 0 Å². The van der Waals surface area contributed by atoms with Gasteiger partial charge in [-0.1, -0.05) is 0 Å². The molecule has 1 aromatic rings. The molecule has 0 unspecified atom stereocenters. The molecule has 114 valence electrons. The maximum atomic E-state index is 13.6. The molecule has 0 radical (unpaired) electrons. The van der Waals surface area contributed by atoms with E-state index in [2.05, 4.69) is 5.32 Å². The van der Waals surface area contributed by atoms with E-state index in [-0.39, 0.29) is 18.0 Å². The maximum absolute atomic E-state index is 13.6. The average Bonchev–Trinajstić information content (AvgIpc) is 2.31. The van der Waals surface area contributed by atoms with Crippen molar-refractivity contribution in [3.63, 3.8) is 0 Å². The Morgan fingerprint density at radius 2 is 1.95 bits per heavy atom. The van der Waals surface area contributed by atoms with Gasteiger partial charge in [-0.3, -0.25) is 0 Å². The molecule has 1 rings (SSSR count). The van der Waals surface area contributed by atoms with Crippen LogP contribution >= 0.6 is 0 Å². The molecular weight excluding hydrogens is 281 g/mol. The number of rotatable bonds is 6. The van der Waals surface area contributed by atoms with Gasteiger partial charge in [0.05, 0.1) is 17.1 Å². The van der Waals surface area contributed by atoms with Crippen molar-refractivity contribution in [1.82, 2.24) is 0 Å². The molecule has 0 spiro atoms. The highest BCUT2D eigenvalue weighted by molar-refractivity contribution is 7.92. The van der Waals surface area contributed by atoms with E-state index in [1.165, 1.54) is 12.1 Å². The molecule has 0 aromatic heterocycles. The van der Waals surface area contributed by atoms with E-state index in [9.17, 15) is 12.8 Å². The molecule has 1 aromatic carbocycles. The van der Waals surface area contributed by atoms with Crippen LogP contribution in [0.5, 0.6) is 5.75 Å². The van der Waals surface area contributed by atoms with Crippen molar-refractivity contribution in [2.45, 2.75) is 32.4 Å². The van der Waals surface area contributed by atoms with Crippen LogP contribution in [0.25, 0.3) is 0 Å². The summed E-state index contributed by atoms with van der Waals surface area (Å²) in [7, 11) is -3.18. The summed E-state index contributed by atoms with van der Waals surface area (Å²) >= 11 is 0. The third-order valence-electron chi connectivity index (χ3n) is 2.86. The third kappa shape index (κ3) is 4.37. The van der Waals surface area contributed by atoms with Crippen LogP contribution < -0.4 is 10.1 Å². The number of benzene rings is 1. The molecule has 0 bridgehead atoms. The quantitative estimate of drug-likeness (QED) is 0.878. The Labute approximate surface area is 120 Å². The molecule has 0 saturated heterocycles. The van der Waals surface area contributed by atoms with Crippen LogP contribution in [-0.2, 0) is 9.84 Å². The van der Waals surface area contributed by atoms with Crippen molar-refractivity contribution in [3.8, 4) is 5.75 Å². The van der Waals surface area contributed by atoms with E-state index in [4.69, 9.17) is 4.74 Å². The lowest BCUT2D eigenvalue weighted by molar-refractivity contribution is 0.321. The van der Waals surface area contributed by atoms with Crippen molar-refractivity contribution in [1.29, 1.82) is 0 Å². The molecule has 0 saturated carbocycles. The van der Waals surface area contributed by atoms with Crippen LogP contribution in [0.4, 0.5) is 10.1 Å². The fourth-order valence-corrected chi connectivity index (χ4v) is 2.50. The van der Waals surface area contributed by atoms with E-state index >= 15 is 0 Å². The highest BCUT2D eigenvalue weighted by Gasteiger charge is 2.28. The molecule has 4 nitrogen and oxygen atoms in total. The van der Waals surface area contributed by atoms with Crippen LogP contribution in [0.15, 0.2) is 18.2 Å². The highest BCUT2D eigenvalue weighted by atomic mass is 32.2. The Hall–Kier alpha value is -1.30. The van der Waals surface area contributed by atoms with Gasteiger partial charge in [0.15, 0.2) is 21.4 Å². The first kappa shape index (κ1) is 16.8. The Kier molecular flexibility index (Phi) is 5.39. The zero-order chi connectivity index (χ0) is 15.4. The average molecular weight is 303 g/mol. The summed E-state index contributed by atoms with van der Waals surface area (Å²) in [4.78, 5) is 0. The number of sulfone groups is 1. The summed E-state index contributed by atoms with van der Waals surface area (Å²) in [5.41, 5.74) is 0.537. The molecule has 0 aliphatic carbocycles. The van der Waals surface area contributed by atoms with Gasteiger partial charge in [-0.2, -0.15) is 0 Å². The lowest BCUT2D eigenvalue weighted by Gasteiger charge is -2.19. The second-order valence-corrected chi connectivity index (χ2v) is 8.30. The van der Waals surface area contributed by atoms with Crippen LogP contribution in [0.1, 0.15) is 27.7 Å². The molecule has 0 heterocycles. The van der Waals surface area contributed by atoms with Gasteiger partial charge < -0.3 is 10.1 Å². The first-order chi connectivity index (χ1) is 9.17. The Morgan fingerprint density at radius 3 is 2.45 bits per heavy atom. The van der Waals surface area contributed by atoms with Crippen LogP contribution in [0.3, 0.4) is 0 Å². The highest BCUT2D eigenvalue weighted by Crippen LogP contribution is 2.21. The second-order valence-electron chi connectivity index (χ2n) is 5.44. The van der Waals surface area contributed by atoms with E-state index in [0.717, 1.165) is 0 Å². The predicted molar refractivity (Wildman–Crippen MR) is 79.6 cm³/mol. The molecule has 6 heteroatoms. The normalized spacial score (nSPS) is 12.2. The van der Waals surface area contributed by atoms with Crippen LogP contribution in [-0.4, -0.2) is 32.1 Å². The smallest absolute Gasteiger partial charge is 0.167 e. The SMILES string of the molecule is CCOc1ccc(NCCS(=O)(=O)C(C)(C)C)cc1F. The lowest BCUT2D eigenvalue weighted by atomic mass is 10.3. The van der Waals surface area contributed by atoms with Gasteiger partial charge in [0.2, 0.25) is 0 Å². The molecule has 0 atom stereocenters. The Morgan fingerprint density at radius 1 is 1.30 bits per heavy atom. The van der Waals surface area contributed by atoms with E-state index in [1.54, 1.807) is 33.8 Å². The monoisotopic (exact) mass is 303 g/mol. The van der Waals surface area contributed by atoms with E-state index < -0.39 is 20.4 Å². The van der Waals surface area contributed by atoms with Gasteiger partial charge in [-0.15, -0.1) is 0 Å². The fourth-order valence-electron chi connectivity index (χ4n) is 1.52. The first-order valence-electron chi connectivity index (χ1n) is 6.56. The summed E-state index contributed by atoms with van der Waals surface area (Å²) in [6, 6.07) is 4.49. The van der Waals surface area contributed by atoms with Crippen LogP contribution in [0, 0.1) is 5.82 Å². The molecule has 0 aliphatic heterocycles. The van der Waals surface area contributed by atoms with Gasteiger partial charge in [0.1, 0.15) is 0 Å². The third-order valence-corrected chi connectivity index (χ3v) is 5.47. The van der Waals surface area contributed by atoms with Crippen molar-refractivity contribution >= 4 is 15.5 Å². The topological polar surface area (TPSA) is 55.4 Å². The lowest BCUT2D eigenvalue weighted by Crippen LogP contribution is -2.32. The number of halogens is 1. The fraction of sp³-hybridized carbons (Fsp3) is 0.571. The number of anilines is 1. The van der Waals surface area contributed by atoms with Gasteiger partial charge in [0, 0.05) is 18.3 Å².